The molecule has 1 aromatic carbocycles. The molecule has 1 N–H and O–H groups in total. The lowest BCUT2D eigenvalue weighted by molar-refractivity contribution is -0.384. The zero-order chi connectivity index (χ0) is 15.2. The molecule has 0 bridgehead atoms. The van der Waals surface area contributed by atoms with E-state index in [1.54, 1.807) is 19.3 Å². The summed E-state index contributed by atoms with van der Waals surface area (Å²) >= 11 is 0. The molecule has 0 amide bonds. The summed E-state index contributed by atoms with van der Waals surface area (Å²) in [7, 11) is 1.79. The number of nitro groups is 1. The van der Waals surface area contributed by atoms with E-state index in [4.69, 9.17) is 4.74 Å². The van der Waals surface area contributed by atoms with E-state index in [-0.39, 0.29) is 5.69 Å². The molecular weight excluding hydrogens is 272 g/mol. The van der Waals surface area contributed by atoms with Crippen molar-refractivity contribution in [3.05, 3.63) is 52.1 Å². The normalized spacial score (nSPS) is 10.6. The predicted molar refractivity (Wildman–Crippen MR) is 78.3 cm³/mol. The lowest BCUT2D eigenvalue weighted by atomic mass is 10.2. The number of ether oxygens (including phenoxy) is 1. The second kappa shape index (κ2) is 6.85. The maximum absolute atomic E-state index is 10.8. The van der Waals surface area contributed by atoms with Gasteiger partial charge < -0.3 is 14.6 Å². The summed E-state index contributed by atoms with van der Waals surface area (Å²) in [6.45, 7) is 3.60. The largest absolute Gasteiger partial charge is 0.491 e. The van der Waals surface area contributed by atoms with Gasteiger partial charge in [-0.2, -0.15) is 0 Å². The topological polar surface area (TPSA) is 82.2 Å². The van der Waals surface area contributed by atoms with Crippen molar-refractivity contribution in [3.63, 3.8) is 0 Å². The van der Waals surface area contributed by atoms with Gasteiger partial charge in [0.05, 0.1) is 11.5 Å². The molecule has 1 aromatic heterocycles. The molecule has 0 aliphatic heterocycles. The van der Waals surface area contributed by atoms with Crippen LogP contribution in [0.3, 0.4) is 0 Å². The minimum absolute atomic E-state index is 0.0676. The van der Waals surface area contributed by atoms with Crippen LogP contribution in [0.1, 0.15) is 11.4 Å². The molecule has 0 atom stereocenters. The first-order valence-corrected chi connectivity index (χ1v) is 6.64. The second-order valence-electron chi connectivity index (χ2n) is 4.60. The third-order valence-electron chi connectivity index (χ3n) is 3.14. The molecule has 0 radical (unpaired) electrons. The number of hydrogen-bond donors (Lipinski definition) is 1. The molecule has 21 heavy (non-hydrogen) atoms. The molecule has 0 saturated carbocycles. The fraction of sp³-hybridized carbons (Fsp3) is 0.357. The fourth-order valence-corrected chi connectivity index (χ4v) is 2.04. The summed E-state index contributed by atoms with van der Waals surface area (Å²) in [5, 5.41) is 13.8. The maximum Gasteiger partial charge on any atom is 0.270 e. The van der Waals surface area contributed by atoms with Gasteiger partial charge in [0.15, 0.2) is 0 Å². The molecular formula is C14H18N4O3. The fourth-order valence-electron chi connectivity index (χ4n) is 2.04. The van der Waals surface area contributed by atoms with Gasteiger partial charge in [-0.25, -0.2) is 4.98 Å². The summed E-state index contributed by atoms with van der Waals surface area (Å²) in [4.78, 5) is 14.5. The van der Waals surface area contributed by atoms with Crippen molar-refractivity contribution in [2.24, 2.45) is 0 Å². The highest BCUT2D eigenvalue weighted by molar-refractivity contribution is 5.43. The predicted octanol–water partition coefficient (Wildman–Crippen LogP) is 1.90. The lowest BCUT2D eigenvalue weighted by Crippen LogP contribution is -2.12. The second-order valence-corrected chi connectivity index (χ2v) is 4.60. The molecule has 0 spiro atoms. The number of aromatic nitrogens is 2. The SMILES string of the molecule is CNCc1cc([N+](=O)[O-])ccc1OCCn1ccnc1C. The third-order valence-corrected chi connectivity index (χ3v) is 3.14. The minimum atomic E-state index is -0.405. The van der Waals surface area contributed by atoms with Gasteiger partial charge in [-0.1, -0.05) is 0 Å². The van der Waals surface area contributed by atoms with Crippen molar-refractivity contribution in [2.75, 3.05) is 13.7 Å². The Kier molecular flexibility index (Phi) is 4.89. The zero-order valence-corrected chi connectivity index (χ0v) is 12.1. The molecule has 0 unspecified atom stereocenters. The van der Waals surface area contributed by atoms with Crippen LogP contribution in [0.15, 0.2) is 30.6 Å². The van der Waals surface area contributed by atoms with E-state index < -0.39 is 4.92 Å². The molecule has 1 heterocycles. The number of aryl methyl sites for hydroxylation is 1. The van der Waals surface area contributed by atoms with Crippen molar-refractivity contribution in [2.45, 2.75) is 20.0 Å². The smallest absolute Gasteiger partial charge is 0.270 e. The van der Waals surface area contributed by atoms with E-state index in [1.165, 1.54) is 12.1 Å². The number of nitrogens with zero attached hydrogens (tertiary/aromatic N) is 3. The first-order chi connectivity index (χ1) is 10.1. The molecule has 2 aromatic rings. The molecule has 0 saturated heterocycles. The minimum Gasteiger partial charge on any atom is -0.491 e. The molecule has 7 heteroatoms. The Labute approximate surface area is 122 Å². The van der Waals surface area contributed by atoms with Crippen molar-refractivity contribution in [1.29, 1.82) is 0 Å². The van der Waals surface area contributed by atoms with E-state index in [2.05, 4.69) is 10.3 Å². The average molecular weight is 290 g/mol. The van der Waals surface area contributed by atoms with Crippen LogP contribution in [0.5, 0.6) is 5.75 Å². The highest BCUT2D eigenvalue weighted by Gasteiger charge is 2.11. The average Bonchev–Trinajstić information content (AvgIpc) is 2.86. The van der Waals surface area contributed by atoms with E-state index >= 15 is 0 Å². The van der Waals surface area contributed by atoms with Crippen molar-refractivity contribution in [3.8, 4) is 5.75 Å². The van der Waals surface area contributed by atoms with Crippen molar-refractivity contribution >= 4 is 5.69 Å². The van der Waals surface area contributed by atoms with Crippen molar-refractivity contribution in [1.82, 2.24) is 14.9 Å². The van der Waals surface area contributed by atoms with Crippen molar-refractivity contribution < 1.29 is 9.66 Å². The standard InChI is InChI=1S/C14H18N4O3/c1-11-16-5-6-17(11)7-8-21-14-4-3-13(18(19)20)9-12(14)10-15-2/h3-6,9,15H,7-8,10H2,1-2H3. The Bertz CT molecular complexity index is 624. The summed E-state index contributed by atoms with van der Waals surface area (Å²) in [5.41, 5.74) is 0.840. The van der Waals surface area contributed by atoms with Crippen LogP contribution in [0.4, 0.5) is 5.69 Å². The van der Waals surface area contributed by atoms with Crippen LogP contribution in [-0.2, 0) is 13.1 Å². The summed E-state index contributed by atoms with van der Waals surface area (Å²) in [5.74, 6) is 1.59. The van der Waals surface area contributed by atoms with Gasteiger partial charge in [0, 0.05) is 36.6 Å². The lowest BCUT2D eigenvalue weighted by Gasteiger charge is -2.12. The van der Waals surface area contributed by atoms with Gasteiger partial charge in [0.25, 0.3) is 5.69 Å². The summed E-state index contributed by atoms with van der Waals surface area (Å²) in [6.07, 6.45) is 3.64. The van der Waals surface area contributed by atoms with Gasteiger partial charge in [-0.05, 0) is 20.0 Å². The Morgan fingerprint density at radius 3 is 2.90 bits per heavy atom. The van der Waals surface area contributed by atoms with Gasteiger partial charge in [-0.15, -0.1) is 0 Å². The van der Waals surface area contributed by atoms with Gasteiger partial charge in [-0.3, -0.25) is 10.1 Å². The summed E-state index contributed by atoms with van der Waals surface area (Å²) in [6, 6.07) is 4.64. The maximum atomic E-state index is 10.8. The number of imidazole rings is 1. The Balaban J connectivity index is 2.04. The number of non-ortho nitro benzene ring substituents is 1. The van der Waals surface area contributed by atoms with Crippen LogP contribution in [0, 0.1) is 17.0 Å². The van der Waals surface area contributed by atoms with Gasteiger partial charge in [0.1, 0.15) is 18.2 Å². The summed E-state index contributed by atoms with van der Waals surface area (Å²) < 4.78 is 7.73. The first-order valence-electron chi connectivity index (χ1n) is 6.64. The van der Waals surface area contributed by atoms with Crippen LogP contribution in [-0.4, -0.2) is 28.1 Å². The molecule has 0 aliphatic carbocycles. The monoisotopic (exact) mass is 290 g/mol. The Hall–Kier alpha value is -2.41. The molecule has 0 aliphatic rings. The van der Waals surface area contributed by atoms with Gasteiger partial charge >= 0.3 is 0 Å². The number of nitro benzene ring substituents is 1. The Morgan fingerprint density at radius 1 is 1.48 bits per heavy atom. The number of hydrogen-bond acceptors (Lipinski definition) is 5. The quantitative estimate of drug-likeness (QED) is 0.622. The van der Waals surface area contributed by atoms with Crippen LogP contribution < -0.4 is 10.1 Å². The van der Waals surface area contributed by atoms with Crippen LogP contribution in [0.25, 0.3) is 0 Å². The number of nitrogens with one attached hydrogen (secondary N) is 1. The van der Waals surface area contributed by atoms with E-state index in [9.17, 15) is 10.1 Å². The first kappa shape index (κ1) is 15.0. The third kappa shape index (κ3) is 3.79. The van der Waals surface area contributed by atoms with Crippen LogP contribution in [0.2, 0.25) is 0 Å². The highest BCUT2D eigenvalue weighted by atomic mass is 16.6. The number of benzene rings is 1. The molecule has 7 nitrogen and oxygen atoms in total. The van der Waals surface area contributed by atoms with E-state index in [0.717, 1.165) is 11.4 Å². The van der Waals surface area contributed by atoms with E-state index in [0.29, 0.717) is 25.4 Å². The van der Waals surface area contributed by atoms with E-state index in [1.807, 2.05) is 17.7 Å². The molecule has 0 fully saturated rings. The molecule has 2 rings (SSSR count). The Morgan fingerprint density at radius 2 is 2.29 bits per heavy atom. The van der Waals surface area contributed by atoms with Gasteiger partial charge in [0.2, 0.25) is 0 Å². The van der Waals surface area contributed by atoms with Crippen LogP contribution >= 0.6 is 0 Å². The number of rotatable bonds is 7. The molecule has 112 valence electrons. The zero-order valence-electron chi connectivity index (χ0n) is 12.1. The highest BCUT2D eigenvalue weighted by Crippen LogP contribution is 2.24.